The van der Waals surface area contributed by atoms with E-state index in [1.54, 1.807) is 0 Å². The molecule has 2 N–H and O–H groups in total. The molecule has 1 aliphatic rings. The maximum absolute atomic E-state index is 10.4. The van der Waals surface area contributed by atoms with Gasteiger partial charge in [0.2, 0.25) is 0 Å². The molecule has 1 fully saturated rings. The number of carbonyl (C=O) groups is 3. The third kappa shape index (κ3) is 5.13. The second-order valence-corrected chi connectivity index (χ2v) is 2.67. The summed E-state index contributed by atoms with van der Waals surface area (Å²) in [6, 6.07) is 0. The summed E-state index contributed by atoms with van der Waals surface area (Å²) in [7, 11) is 0. The average Bonchev–Trinajstić information content (AvgIpc) is 2.52. The molecule has 0 saturated carbocycles. The van der Waals surface area contributed by atoms with Crippen LogP contribution >= 0.6 is 0 Å². The zero-order chi connectivity index (χ0) is 11.1. The van der Waals surface area contributed by atoms with Crippen molar-refractivity contribution in [3.63, 3.8) is 0 Å². The number of aliphatic carboxylic acids is 2. The minimum atomic E-state index is -1.82. The lowest BCUT2D eigenvalue weighted by atomic mass is 10.2. The molecule has 80 valence electrons. The van der Waals surface area contributed by atoms with Crippen molar-refractivity contribution < 1.29 is 29.3 Å². The molecule has 6 nitrogen and oxygen atoms in total. The zero-order valence-corrected chi connectivity index (χ0v) is 7.73. The first-order chi connectivity index (χ1) is 6.47. The second kappa shape index (κ2) is 5.95. The molecule has 14 heavy (non-hydrogen) atoms. The van der Waals surface area contributed by atoms with Gasteiger partial charge in [-0.05, 0) is 12.8 Å². The number of hydrogen-bond acceptors (Lipinski definition) is 4. The van der Waals surface area contributed by atoms with Crippen molar-refractivity contribution in [1.82, 2.24) is 0 Å². The van der Waals surface area contributed by atoms with E-state index in [-0.39, 0.29) is 12.1 Å². The predicted octanol–water partition coefficient (Wildman–Crippen LogP) is 0.258. The van der Waals surface area contributed by atoms with Crippen molar-refractivity contribution in [2.24, 2.45) is 0 Å². The van der Waals surface area contributed by atoms with E-state index < -0.39 is 11.9 Å². The van der Waals surface area contributed by atoms with Crippen molar-refractivity contribution in [2.75, 3.05) is 0 Å². The van der Waals surface area contributed by atoms with E-state index in [0.29, 0.717) is 6.42 Å². The zero-order valence-electron chi connectivity index (χ0n) is 7.73. The minimum Gasteiger partial charge on any atom is -0.473 e. The van der Waals surface area contributed by atoms with Crippen LogP contribution in [-0.2, 0) is 19.1 Å². The normalized spacial score (nSPS) is 19.2. The van der Waals surface area contributed by atoms with Crippen molar-refractivity contribution in [3.05, 3.63) is 0 Å². The lowest BCUT2D eigenvalue weighted by Crippen LogP contribution is -2.09. The molecule has 0 radical (unpaired) electrons. The van der Waals surface area contributed by atoms with Gasteiger partial charge in [-0.2, -0.15) is 0 Å². The van der Waals surface area contributed by atoms with Gasteiger partial charge in [0.1, 0.15) is 6.10 Å². The van der Waals surface area contributed by atoms with Crippen LogP contribution in [0.1, 0.15) is 26.2 Å². The lowest BCUT2D eigenvalue weighted by Gasteiger charge is -2.01. The first-order valence-electron chi connectivity index (χ1n) is 4.13. The summed E-state index contributed by atoms with van der Waals surface area (Å²) in [5.41, 5.74) is 0. The second-order valence-electron chi connectivity index (χ2n) is 2.67. The fourth-order valence-corrected chi connectivity index (χ4v) is 0.870. The molecule has 1 rings (SSSR count). The molecule has 0 aliphatic carbocycles. The topological polar surface area (TPSA) is 101 Å². The van der Waals surface area contributed by atoms with Gasteiger partial charge < -0.3 is 14.9 Å². The van der Waals surface area contributed by atoms with Gasteiger partial charge in [-0.25, -0.2) is 9.59 Å². The highest BCUT2D eigenvalue weighted by molar-refractivity contribution is 6.27. The Balaban J connectivity index is 0.000000255. The van der Waals surface area contributed by atoms with Gasteiger partial charge in [0.15, 0.2) is 0 Å². The predicted molar refractivity (Wildman–Crippen MR) is 44.7 cm³/mol. The summed E-state index contributed by atoms with van der Waals surface area (Å²) in [6.45, 7) is 2.03. The maximum atomic E-state index is 10.4. The molecule has 1 heterocycles. The maximum Gasteiger partial charge on any atom is 0.414 e. The van der Waals surface area contributed by atoms with Crippen LogP contribution in [0.2, 0.25) is 0 Å². The van der Waals surface area contributed by atoms with Gasteiger partial charge in [0.05, 0.1) is 0 Å². The summed E-state index contributed by atoms with van der Waals surface area (Å²) in [6.07, 6.45) is 2.74. The Morgan fingerprint density at radius 1 is 1.43 bits per heavy atom. The van der Waals surface area contributed by atoms with Crippen LogP contribution in [-0.4, -0.2) is 34.2 Å². The third-order valence-corrected chi connectivity index (χ3v) is 1.61. The van der Waals surface area contributed by atoms with Crippen LogP contribution in [0.25, 0.3) is 0 Å². The Morgan fingerprint density at radius 2 is 1.93 bits per heavy atom. The van der Waals surface area contributed by atoms with Gasteiger partial charge in [0, 0.05) is 6.42 Å². The number of carbonyl (C=O) groups excluding carboxylic acids is 1. The molecule has 1 unspecified atom stereocenters. The van der Waals surface area contributed by atoms with E-state index >= 15 is 0 Å². The molecule has 1 saturated heterocycles. The molecule has 0 spiro atoms. The molecule has 6 heteroatoms. The van der Waals surface area contributed by atoms with Gasteiger partial charge in [-0.3, -0.25) is 4.79 Å². The van der Waals surface area contributed by atoms with E-state index in [1.807, 2.05) is 6.92 Å². The third-order valence-electron chi connectivity index (χ3n) is 1.61. The van der Waals surface area contributed by atoms with Crippen LogP contribution in [0.15, 0.2) is 0 Å². The van der Waals surface area contributed by atoms with Crippen LogP contribution < -0.4 is 0 Å². The molecule has 1 aliphatic heterocycles. The van der Waals surface area contributed by atoms with Gasteiger partial charge >= 0.3 is 17.9 Å². The van der Waals surface area contributed by atoms with Crippen LogP contribution in [0.3, 0.4) is 0 Å². The van der Waals surface area contributed by atoms with E-state index in [0.717, 1.165) is 12.8 Å². The standard InChI is InChI=1S/C6H10O2.C2H2O4/c1-2-5-3-4-6(7)8-5;3-1(4)2(5)6/h5H,2-4H2,1H3;(H,3,4)(H,5,6). The van der Waals surface area contributed by atoms with E-state index in [1.165, 1.54) is 0 Å². The van der Waals surface area contributed by atoms with Gasteiger partial charge in [0.25, 0.3) is 0 Å². The fourth-order valence-electron chi connectivity index (χ4n) is 0.870. The Kier molecular flexibility index (Phi) is 5.28. The molecule has 0 bridgehead atoms. The highest BCUT2D eigenvalue weighted by Gasteiger charge is 2.20. The number of carboxylic acids is 2. The molecule has 0 aromatic heterocycles. The Bertz CT molecular complexity index is 222. The number of esters is 1. The minimum absolute atomic E-state index is 0.0307. The SMILES string of the molecule is CCC1CCC(=O)O1.O=C(O)C(=O)O. The molecular formula is C8H12O6. The van der Waals surface area contributed by atoms with E-state index in [2.05, 4.69) is 0 Å². The van der Waals surface area contributed by atoms with Crippen molar-refractivity contribution in [3.8, 4) is 0 Å². The smallest absolute Gasteiger partial charge is 0.414 e. The summed E-state index contributed by atoms with van der Waals surface area (Å²) >= 11 is 0. The first kappa shape index (κ1) is 12.4. The number of ether oxygens (including phenoxy) is 1. The molecule has 0 aromatic rings. The highest BCUT2D eigenvalue weighted by atomic mass is 16.5. The Morgan fingerprint density at radius 3 is 2.07 bits per heavy atom. The summed E-state index contributed by atoms with van der Waals surface area (Å²) in [4.78, 5) is 28.6. The number of hydrogen-bond donors (Lipinski definition) is 2. The van der Waals surface area contributed by atoms with Crippen molar-refractivity contribution >= 4 is 17.9 Å². The molecular weight excluding hydrogens is 192 g/mol. The van der Waals surface area contributed by atoms with Crippen molar-refractivity contribution in [2.45, 2.75) is 32.3 Å². The lowest BCUT2D eigenvalue weighted by molar-refractivity contribution is -0.159. The largest absolute Gasteiger partial charge is 0.473 e. The van der Waals surface area contributed by atoms with Gasteiger partial charge in [-0.15, -0.1) is 0 Å². The molecule has 1 atom stereocenters. The summed E-state index contributed by atoms with van der Waals surface area (Å²) in [5, 5.41) is 14.8. The van der Waals surface area contributed by atoms with Crippen molar-refractivity contribution in [1.29, 1.82) is 0 Å². The summed E-state index contributed by atoms with van der Waals surface area (Å²) < 4.78 is 4.87. The Labute approximate surface area is 80.5 Å². The first-order valence-corrected chi connectivity index (χ1v) is 4.13. The number of rotatable bonds is 1. The Hall–Kier alpha value is -1.59. The monoisotopic (exact) mass is 204 g/mol. The van der Waals surface area contributed by atoms with E-state index in [9.17, 15) is 4.79 Å². The summed E-state index contributed by atoms with van der Waals surface area (Å²) in [5.74, 6) is -3.68. The van der Waals surface area contributed by atoms with Gasteiger partial charge in [-0.1, -0.05) is 6.92 Å². The number of carboxylic acid groups (broad SMARTS) is 2. The fraction of sp³-hybridized carbons (Fsp3) is 0.625. The van der Waals surface area contributed by atoms with Crippen LogP contribution in [0.4, 0.5) is 0 Å². The quantitative estimate of drug-likeness (QED) is 0.469. The molecule has 0 amide bonds. The van der Waals surface area contributed by atoms with Crippen LogP contribution in [0.5, 0.6) is 0 Å². The van der Waals surface area contributed by atoms with E-state index in [4.69, 9.17) is 24.5 Å². The average molecular weight is 204 g/mol. The molecule has 0 aromatic carbocycles. The number of cyclic esters (lactones) is 1. The highest BCUT2D eigenvalue weighted by Crippen LogP contribution is 2.15. The van der Waals surface area contributed by atoms with Crippen LogP contribution in [0, 0.1) is 0 Å².